The lowest BCUT2D eigenvalue weighted by Crippen LogP contribution is -2.61. The standard InChI is InChI=1S/C22H29N7O4S/c1-28-22(30)20-15(24-14-6-4-5-7-16(14)29(2)34(3,31)32)11-19(26-21(20)27-28)25-18-10-13-8-9-33-17(13)12-23-18/h4-7,10,12,15,19-21,24,26-27H,8-9,11H2,1-3H3,(H,23,25). The van der Waals surface area contributed by atoms with Crippen molar-refractivity contribution in [2.24, 2.45) is 5.92 Å². The number of amides is 1. The van der Waals surface area contributed by atoms with Crippen molar-refractivity contribution in [3.05, 3.63) is 42.1 Å². The molecular formula is C22H29N7O4S. The first-order chi connectivity index (χ1) is 16.2. The van der Waals surface area contributed by atoms with Gasteiger partial charge in [0.15, 0.2) is 0 Å². The SMILES string of the molecule is CN1NC2NC(Nc3cc4c(cn3)OCC4)CC(Nc3ccccc3N(C)S(C)(=O)=O)C2C1=O. The molecule has 5 rings (SSSR count). The first kappa shape index (κ1) is 22.7. The number of carbonyl (C=O) groups is 1. The van der Waals surface area contributed by atoms with E-state index in [1.807, 2.05) is 18.2 Å². The molecule has 3 aliphatic rings. The van der Waals surface area contributed by atoms with Crippen molar-refractivity contribution in [2.75, 3.05) is 41.9 Å². The maximum Gasteiger partial charge on any atom is 0.244 e. The van der Waals surface area contributed by atoms with Crippen LogP contribution in [0.5, 0.6) is 5.75 Å². The van der Waals surface area contributed by atoms with E-state index >= 15 is 0 Å². The Balaban J connectivity index is 1.41. The summed E-state index contributed by atoms with van der Waals surface area (Å²) in [6.45, 7) is 0.664. The maximum absolute atomic E-state index is 12.9. The second-order valence-electron chi connectivity index (χ2n) is 8.90. The molecule has 4 atom stereocenters. The van der Waals surface area contributed by atoms with Crippen LogP contribution in [0.1, 0.15) is 12.0 Å². The number of pyridine rings is 1. The first-order valence-electron chi connectivity index (χ1n) is 11.2. The van der Waals surface area contributed by atoms with Crippen LogP contribution < -0.4 is 30.4 Å². The fourth-order valence-electron chi connectivity index (χ4n) is 4.79. The summed E-state index contributed by atoms with van der Waals surface area (Å²) in [7, 11) is -0.228. The minimum atomic E-state index is -3.45. The van der Waals surface area contributed by atoms with Gasteiger partial charge in [0.05, 0.1) is 48.7 Å². The van der Waals surface area contributed by atoms with E-state index in [0.29, 0.717) is 24.4 Å². The Bertz CT molecular complexity index is 1210. The Morgan fingerprint density at radius 2 is 2.06 bits per heavy atom. The number of sulfonamides is 1. The highest BCUT2D eigenvalue weighted by molar-refractivity contribution is 7.92. The molecule has 2 saturated heterocycles. The molecule has 1 aromatic heterocycles. The third-order valence-electron chi connectivity index (χ3n) is 6.59. The third kappa shape index (κ3) is 4.24. The van der Waals surface area contributed by atoms with Gasteiger partial charge in [0, 0.05) is 38.5 Å². The van der Waals surface area contributed by atoms with Crippen molar-refractivity contribution in [1.29, 1.82) is 0 Å². The van der Waals surface area contributed by atoms with Gasteiger partial charge in [0.2, 0.25) is 15.9 Å². The van der Waals surface area contributed by atoms with Gasteiger partial charge in [0.1, 0.15) is 11.6 Å². The molecular weight excluding hydrogens is 458 g/mol. The van der Waals surface area contributed by atoms with Gasteiger partial charge in [-0.25, -0.2) is 18.8 Å². The lowest BCUT2D eigenvalue weighted by Gasteiger charge is -2.39. The molecule has 0 saturated carbocycles. The molecule has 3 aliphatic heterocycles. The quantitative estimate of drug-likeness (QED) is 0.462. The monoisotopic (exact) mass is 487 g/mol. The van der Waals surface area contributed by atoms with E-state index < -0.39 is 10.0 Å². The molecule has 1 amide bonds. The predicted octanol–water partition coefficient (Wildman–Crippen LogP) is 0.543. The number of ether oxygens (including phenoxy) is 1. The summed E-state index contributed by atoms with van der Waals surface area (Å²) in [4.78, 5) is 17.4. The third-order valence-corrected chi connectivity index (χ3v) is 7.78. The summed E-state index contributed by atoms with van der Waals surface area (Å²) >= 11 is 0. The molecule has 0 aliphatic carbocycles. The molecule has 2 aromatic rings. The number of aromatic nitrogens is 1. The maximum atomic E-state index is 12.9. The van der Waals surface area contributed by atoms with Gasteiger partial charge in [-0.3, -0.25) is 19.4 Å². The van der Waals surface area contributed by atoms with Crippen molar-refractivity contribution >= 4 is 33.1 Å². The van der Waals surface area contributed by atoms with Crippen LogP contribution in [0.15, 0.2) is 36.5 Å². The van der Waals surface area contributed by atoms with Gasteiger partial charge >= 0.3 is 0 Å². The van der Waals surface area contributed by atoms with Crippen LogP contribution in [-0.2, 0) is 21.2 Å². The van der Waals surface area contributed by atoms with Crippen molar-refractivity contribution in [3.63, 3.8) is 0 Å². The predicted molar refractivity (Wildman–Crippen MR) is 129 cm³/mol. The van der Waals surface area contributed by atoms with Gasteiger partial charge < -0.3 is 15.4 Å². The second kappa shape index (κ2) is 8.60. The topological polar surface area (TPSA) is 128 Å². The van der Waals surface area contributed by atoms with Gasteiger partial charge in [-0.1, -0.05) is 12.1 Å². The molecule has 34 heavy (non-hydrogen) atoms. The number of piperidine rings is 1. The number of carbonyl (C=O) groups excluding carboxylic acids is 1. The molecule has 12 heteroatoms. The molecule has 11 nitrogen and oxygen atoms in total. The Labute approximate surface area is 198 Å². The smallest absolute Gasteiger partial charge is 0.244 e. The number of nitrogens with one attached hydrogen (secondary N) is 4. The molecule has 4 heterocycles. The summed E-state index contributed by atoms with van der Waals surface area (Å²) in [5, 5.41) is 11.9. The summed E-state index contributed by atoms with van der Waals surface area (Å²) in [5.74, 6) is 1.14. The lowest BCUT2D eigenvalue weighted by atomic mass is 9.88. The van der Waals surface area contributed by atoms with Gasteiger partial charge in [-0.2, -0.15) is 0 Å². The number of hydrazine groups is 1. The minimum absolute atomic E-state index is 0.0322. The molecule has 4 unspecified atom stereocenters. The van der Waals surface area contributed by atoms with Crippen molar-refractivity contribution in [3.8, 4) is 5.75 Å². The molecule has 0 spiro atoms. The van der Waals surface area contributed by atoms with E-state index in [9.17, 15) is 13.2 Å². The fraction of sp³-hybridized carbons (Fsp3) is 0.455. The van der Waals surface area contributed by atoms with E-state index in [4.69, 9.17) is 4.74 Å². The van der Waals surface area contributed by atoms with E-state index in [0.717, 1.165) is 23.6 Å². The van der Waals surface area contributed by atoms with Crippen LogP contribution in [0.3, 0.4) is 0 Å². The van der Waals surface area contributed by atoms with Crippen molar-refractivity contribution in [1.82, 2.24) is 20.7 Å². The number of hydrogen-bond donors (Lipinski definition) is 4. The number of para-hydroxylation sites is 2. The van der Waals surface area contributed by atoms with Crippen LogP contribution >= 0.6 is 0 Å². The summed E-state index contributed by atoms with van der Waals surface area (Å²) in [6, 6.07) is 8.93. The second-order valence-corrected chi connectivity index (χ2v) is 10.9. The molecule has 0 bridgehead atoms. The fourth-order valence-corrected chi connectivity index (χ4v) is 5.30. The number of benzene rings is 1. The van der Waals surface area contributed by atoms with Gasteiger partial charge in [-0.05, 0) is 18.2 Å². The number of fused-ring (bicyclic) bond motifs is 2. The average molecular weight is 488 g/mol. The number of anilines is 3. The molecule has 182 valence electrons. The average Bonchev–Trinajstić information content (AvgIpc) is 3.36. The molecule has 0 radical (unpaired) electrons. The highest BCUT2D eigenvalue weighted by atomic mass is 32.2. The molecule has 4 N–H and O–H groups in total. The zero-order valence-corrected chi connectivity index (χ0v) is 20.1. The summed E-state index contributed by atoms with van der Waals surface area (Å²) < 4.78 is 31.1. The van der Waals surface area contributed by atoms with Crippen molar-refractivity contribution < 1.29 is 17.9 Å². The van der Waals surface area contributed by atoms with E-state index in [2.05, 4.69) is 26.4 Å². The van der Waals surface area contributed by atoms with E-state index in [1.165, 1.54) is 22.6 Å². The number of rotatable bonds is 6. The zero-order valence-electron chi connectivity index (χ0n) is 19.3. The Kier molecular flexibility index (Phi) is 5.74. The highest BCUT2D eigenvalue weighted by Gasteiger charge is 2.48. The Morgan fingerprint density at radius 3 is 2.85 bits per heavy atom. The normalized spacial score (nSPS) is 26.0. The Morgan fingerprint density at radius 1 is 1.26 bits per heavy atom. The van der Waals surface area contributed by atoms with Gasteiger partial charge in [0.25, 0.3) is 0 Å². The van der Waals surface area contributed by atoms with Crippen LogP contribution in [0.25, 0.3) is 0 Å². The van der Waals surface area contributed by atoms with Crippen LogP contribution in [0, 0.1) is 5.92 Å². The zero-order chi connectivity index (χ0) is 24.0. The first-order valence-corrected chi connectivity index (χ1v) is 13.0. The number of hydrogen-bond acceptors (Lipinski definition) is 9. The number of nitrogens with zero attached hydrogens (tertiary/aromatic N) is 3. The lowest BCUT2D eigenvalue weighted by molar-refractivity contribution is -0.131. The van der Waals surface area contributed by atoms with Gasteiger partial charge in [-0.15, -0.1) is 0 Å². The van der Waals surface area contributed by atoms with Crippen LogP contribution in [0.2, 0.25) is 0 Å². The molecule has 1 aromatic carbocycles. The highest BCUT2D eigenvalue weighted by Crippen LogP contribution is 2.33. The summed E-state index contributed by atoms with van der Waals surface area (Å²) in [6.07, 6.45) is 3.84. The van der Waals surface area contributed by atoms with E-state index in [-0.39, 0.29) is 30.2 Å². The minimum Gasteiger partial charge on any atom is -0.491 e. The van der Waals surface area contributed by atoms with Crippen molar-refractivity contribution in [2.45, 2.75) is 31.2 Å². The summed E-state index contributed by atoms with van der Waals surface area (Å²) in [5.41, 5.74) is 5.48. The Hall–Kier alpha value is -3.09. The van der Waals surface area contributed by atoms with Crippen LogP contribution in [-0.4, -0.2) is 69.6 Å². The molecule has 2 fully saturated rings. The van der Waals surface area contributed by atoms with E-state index in [1.54, 1.807) is 25.4 Å². The van der Waals surface area contributed by atoms with Crippen LogP contribution in [0.4, 0.5) is 17.2 Å². The largest absolute Gasteiger partial charge is 0.491 e.